The van der Waals surface area contributed by atoms with Crippen LogP contribution in [0.25, 0.3) is 0 Å². The molecule has 1 fully saturated rings. The zero-order valence-corrected chi connectivity index (χ0v) is 11.9. The van der Waals surface area contributed by atoms with Gasteiger partial charge in [0.25, 0.3) is 0 Å². The van der Waals surface area contributed by atoms with Crippen molar-refractivity contribution in [3.8, 4) is 0 Å². The molecule has 1 aliphatic heterocycles. The van der Waals surface area contributed by atoms with Gasteiger partial charge in [-0.2, -0.15) is 0 Å². The van der Waals surface area contributed by atoms with Gasteiger partial charge in [-0.15, -0.1) is 0 Å². The van der Waals surface area contributed by atoms with E-state index in [1.165, 1.54) is 0 Å². The molecule has 5 heteroatoms. The monoisotopic (exact) mass is 317 g/mol. The van der Waals surface area contributed by atoms with Gasteiger partial charge in [0.15, 0.2) is 9.84 Å². The Morgan fingerprint density at radius 3 is 2.71 bits per heavy atom. The number of halogens is 1. The highest BCUT2D eigenvalue weighted by Crippen LogP contribution is 2.32. The Morgan fingerprint density at radius 2 is 2.06 bits per heavy atom. The van der Waals surface area contributed by atoms with Crippen LogP contribution >= 0.6 is 15.9 Å². The molecule has 17 heavy (non-hydrogen) atoms. The molecule has 2 rings (SSSR count). The van der Waals surface area contributed by atoms with E-state index < -0.39 is 9.84 Å². The second-order valence-electron chi connectivity index (χ2n) is 4.56. The van der Waals surface area contributed by atoms with Crippen LogP contribution in [-0.4, -0.2) is 19.9 Å². The van der Waals surface area contributed by atoms with Crippen molar-refractivity contribution in [3.05, 3.63) is 34.3 Å². The summed E-state index contributed by atoms with van der Waals surface area (Å²) in [6.07, 6.45) is 1.62. The van der Waals surface area contributed by atoms with Crippen molar-refractivity contribution in [1.82, 2.24) is 0 Å². The molecule has 1 aliphatic rings. The van der Waals surface area contributed by atoms with Crippen LogP contribution in [-0.2, 0) is 9.84 Å². The number of benzene rings is 1. The van der Waals surface area contributed by atoms with Crippen LogP contribution in [0, 0.1) is 5.92 Å². The van der Waals surface area contributed by atoms with Gasteiger partial charge in [0.2, 0.25) is 0 Å². The predicted molar refractivity (Wildman–Crippen MR) is 72.4 cm³/mol. The van der Waals surface area contributed by atoms with Gasteiger partial charge in [0.05, 0.1) is 11.5 Å². The number of nitrogens with two attached hydrogens (primary N) is 1. The molecule has 0 radical (unpaired) electrons. The van der Waals surface area contributed by atoms with Gasteiger partial charge in [-0.05, 0) is 30.4 Å². The van der Waals surface area contributed by atoms with E-state index in [9.17, 15) is 8.42 Å². The molecule has 0 amide bonds. The largest absolute Gasteiger partial charge is 0.324 e. The Morgan fingerprint density at radius 1 is 1.35 bits per heavy atom. The zero-order chi connectivity index (χ0) is 12.5. The second kappa shape index (κ2) is 5.08. The highest BCUT2D eigenvalue weighted by Gasteiger charge is 2.30. The van der Waals surface area contributed by atoms with Gasteiger partial charge in [-0.25, -0.2) is 8.42 Å². The average molecular weight is 318 g/mol. The van der Waals surface area contributed by atoms with Crippen molar-refractivity contribution in [2.24, 2.45) is 11.7 Å². The van der Waals surface area contributed by atoms with Crippen LogP contribution in [0.5, 0.6) is 0 Å². The molecule has 0 bridgehead atoms. The normalized spacial score (nSPS) is 25.4. The Hall–Kier alpha value is -0.390. The van der Waals surface area contributed by atoms with Crippen LogP contribution in [0.2, 0.25) is 0 Å². The molecule has 3 nitrogen and oxygen atoms in total. The Bertz CT molecular complexity index is 501. The summed E-state index contributed by atoms with van der Waals surface area (Å²) >= 11 is 3.46. The summed E-state index contributed by atoms with van der Waals surface area (Å²) in [6.45, 7) is 0. The molecule has 1 heterocycles. The van der Waals surface area contributed by atoms with Crippen LogP contribution in [0.4, 0.5) is 0 Å². The summed E-state index contributed by atoms with van der Waals surface area (Å²) in [5.74, 6) is 0.564. The van der Waals surface area contributed by atoms with Crippen molar-refractivity contribution in [1.29, 1.82) is 0 Å². The molecule has 0 aliphatic carbocycles. The third-order valence-electron chi connectivity index (χ3n) is 3.27. The molecule has 2 N–H and O–H groups in total. The van der Waals surface area contributed by atoms with E-state index in [-0.39, 0.29) is 17.7 Å². The van der Waals surface area contributed by atoms with Crippen molar-refractivity contribution in [2.45, 2.75) is 18.9 Å². The average Bonchev–Trinajstić information content (AvgIpc) is 2.27. The summed E-state index contributed by atoms with van der Waals surface area (Å²) in [6, 6.07) is 7.54. The van der Waals surface area contributed by atoms with Crippen molar-refractivity contribution in [3.63, 3.8) is 0 Å². The molecule has 2 atom stereocenters. The molecule has 1 aromatic carbocycles. The molecule has 0 spiro atoms. The Kier molecular flexibility index (Phi) is 3.90. The number of hydrogen-bond donors (Lipinski definition) is 1. The first kappa shape index (κ1) is 13.1. The Labute approximate surface area is 110 Å². The molecule has 1 saturated heterocycles. The minimum atomic E-state index is -2.89. The standard InChI is InChI=1S/C12H16BrNO2S/c13-11-6-2-1-5-10(11)12(14)9-4-3-7-17(15,16)8-9/h1-2,5-6,9,12H,3-4,7-8,14H2. The fourth-order valence-corrected chi connectivity index (χ4v) is 4.69. The van der Waals surface area contributed by atoms with Gasteiger partial charge >= 0.3 is 0 Å². The number of rotatable bonds is 2. The molecular weight excluding hydrogens is 302 g/mol. The third kappa shape index (κ3) is 3.09. The lowest BCUT2D eigenvalue weighted by molar-refractivity contribution is 0.415. The van der Waals surface area contributed by atoms with E-state index in [2.05, 4.69) is 15.9 Å². The first-order chi connectivity index (χ1) is 7.99. The van der Waals surface area contributed by atoms with Gasteiger partial charge in [-0.1, -0.05) is 34.1 Å². The quantitative estimate of drug-likeness (QED) is 0.910. The highest BCUT2D eigenvalue weighted by atomic mass is 79.9. The van der Waals surface area contributed by atoms with E-state index in [0.717, 1.165) is 22.9 Å². The summed E-state index contributed by atoms with van der Waals surface area (Å²) < 4.78 is 24.2. The van der Waals surface area contributed by atoms with Gasteiger partial charge in [0, 0.05) is 10.5 Å². The van der Waals surface area contributed by atoms with Crippen LogP contribution in [0.3, 0.4) is 0 Å². The lowest BCUT2D eigenvalue weighted by Crippen LogP contribution is -2.33. The van der Waals surface area contributed by atoms with Crippen LogP contribution < -0.4 is 5.73 Å². The van der Waals surface area contributed by atoms with Crippen molar-refractivity contribution < 1.29 is 8.42 Å². The zero-order valence-electron chi connectivity index (χ0n) is 9.47. The van der Waals surface area contributed by atoms with Crippen LogP contribution in [0.1, 0.15) is 24.4 Å². The van der Waals surface area contributed by atoms with Gasteiger partial charge < -0.3 is 5.73 Å². The van der Waals surface area contributed by atoms with E-state index in [4.69, 9.17) is 5.73 Å². The third-order valence-corrected chi connectivity index (χ3v) is 5.84. The molecule has 0 saturated carbocycles. The van der Waals surface area contributed by atoms with Gasteiger partial charge in [0.1, 0.15) is 0 Å². The lowest BCUT2D eigenvalue weighted by Gasteiger charge is -2.28. The van der Waals surface area contributed by atoms with E-state index in [0.29, 0.717) is 5.75 Å². The predicted octanol–water partition coefficient (Wildman–Crippen LogP) is 2.27. The highest BCUT2D eigenvalue weighted by molar-refractivity contribution is 9.10. The summed E-state index contributed by atoms with van der Waals surface area (Å²) in [4.78, 5) is 0. The first-order valence-electron chi connectivity index (χ1n) is 5.70. The van der Waals surface area contributed by atoms with E-state index in [1.807, 2.05) is 24.3 Å². The maximum atomic E-state index is 11.6. The minimum Gasteiger partial charge on any atom is -0.324 e. The van der Waals surface area contributed by atoms with E-state index in [1.54, 1.807) is 0 Å². The number of sulfone groups is 1. The van der Waals surface area contributed by atoms with E-state index >= 15 is 0 Å². The smallest absolute Gasteiger partial charge is 0.150 e. The number of hydrogen-bond acceptors (Lipinski definition) is 3. The van der Waals surface area contributed by atoms with Crippen molar-refractivity contribution >= 4 is 25.8 Å². The lowest BCUT2D eigenvalue weighted by atomic mass is 9.91. The fourth-order valence-electron chi connectivity index (χ4n) is 2.34. The molecule has 0 aromatic heterocycles. The topological polar surface area (TPSA) is 60.2 Å². The summed E-state index contributed by atoms with van der Waals surface area (Å²) in [7, 11) is -2.89. The summed E-state index contributed by atoms with van der Waals surface area (Å²) in [5, 5.41) is 0. The second-order valence-corrected chi connectivity index (χ2v) is 7.65. The maximum Gasteiger partial charge on any atom is 0.150 e. The molecule has 2 unspecified atom stereocenters. The van der Waals surface area contributed by atoms with Crippen molar-refractivity contribution in [2.75, 3.05) is 11.5 Å². The van der Waals surface area contributed by atoms with Gasteiger partial charge in [-0.3, -0.25) is 0 Å². The summed E-state index contributed by atoms with van der Waals surface area (Å²) in [5.41, 5.74) is 7.19. The first-order valence-corrected chi connectivity index (χ1v) is 8.31. The molecule has 1 aromatic rings. The molecule has 94 valence electrons. The van der Waals surface area contributed by atoms with Crippen LogP contribution in [0.15, 0.2) is 28.7 Å². The maximum absolute atomic E-state index is 11.6. The molecular formula is C12H16BrNO2S. The SMILES string of the molecule is NC(c1ccccc1Br)C1CCCS(=O)(=O)C1. The Balaban J connectivity index is 2.21. The fraction of sp³-hybridized carbons (Fsp3) is 0.500. The minimum absolute atomic E-state index is 0.0347.